The van der Waals surface area contributed by atoms with Crippen molar-refractivity contribution in [2.75, 3.05) is 7.11 Å². The van der Waals surface area contributed by atoms with E-state index in [0.717, 1.165) is 28.0 Å². The largest absolute Gasteiger partial charge is 0.497 e. The van der Waals surface area contributed by atoms with Crippen LogP contribution >= 0.6 is 0 Å². The van der Waals surface area contributed by atoms with Crippen LogP contribution in [0.4, 0.5) is 0 Å². The number of rotatable bonds is 10. The summed E-state index contributed by atoms with van der Waals surface area (Å²) >= 11 is 0. The summed E-state index contributed by atoms with van der Waals surface area (Å²) in [6.07, 6.45) is 6.61. The van der Waals surface area contributed by atoms with Crippen LogP contribution in [0.2, 0.25) is 0 Å². The van der Waals surface area contributed by atoms with E-state index in [4.69, 9.17) is 15.9 Å². The molecule has 0 heterocycles. The van der Waals surface area contributed by atoms with Gasteiger partial charge in [0.2, 0.25) is 0 Å². The first-order chi connectivity index (χ1) is 13.5. The van der Waals surface area contributed by atoms with Crippen molar-refractivity contribution in [2.45, 2.75) is 45.8 Å². The Kier molecular flexibility index (Phi) is 8.10. The third-order valence-electron chi connectivity index (χ3n) is 5.08. The molecule has 0 saturated carbocycles. The van der Waals surface area contributed by atoms with E-state index in [1.54, 1.807) is 14.0 Å². The van der Waals surface area contributed by atoms with Crippen molar-refractivity contribution in [3.63, 3.8) is 0 Å². The topological polar surface area (TPSA) is 55.8 Å². The van der Waals surface area contributed by atoms with E-state index < -0.39 is 11.9 Å². The predicted octanol–water partition coefficient (Wildman–Crippen LogP) is 4.94. The van der Waals surface area contributed by atoms with Crippen LogP contribution in [-0.4, -0.2) is 18.2 Å². The van der Waals surface area contributed by atoms with Crippen molar-refractivity contribution in [1.82, 2.24) is 0 Å². The highest BCUT2D eigenvalue weighted by Crippen LogP contribution is 2.31. The Morgan fingerprint density at radius 3 is 2.50 bits per heavy atom. The number of carboxylic acids is 1. The van der Waals surface area contributed by atoms with Crippen molar-refractivity contribution in [2.24, 2.45) is 5.92 Å². The van der Waals surface area contributed by atoms with Gasteiger partial charge in [-0.15, -0.1) is 12.3 Å². The van der Waals surface area contributed by atoms with Crippen LogP contribution in [0.15, 0.2) is 42.5 Å². The minimum absolute atomic E-state index is 0.116. The van der Waals surface area contributed by atoms with Crippen LogP contribution in [0, 0.1) is 25.2 Å². The van der Waals surface area contributed by atoms with Crippen molar-refractivity contribution >= 4 is 5.97 Å². The van der Waals surface area contributed by atoms with Gasteiger partial charge in [-0.25, -0.2) is 0 Å². The average molecular weight is 380 g/mol. The first-order valence-electron chi connectivity index (χ1n) is 9.42. The van der Waals surface area contributed by atoms with Crippen LogP contribution in [0.5, 0.6) is 5.75 Å². The van der Waals surface area contributed by atoms with Crippen LogP contribution in [0.1, 0.15) is 47.9 Å². The SMILES string of the molecule is C#CCCC(c1ccc(C)c(COCc2ccc(OC)cc2)c1)C(C)C(=O)O. The maximum absolute atomic E-state index is 11.5. The lowest BCUT2D eigenvalue weighted by Gasteiger charge is -2.22. The highest BCUT2D eigenvalue weighted by atomic mass is 16.5. The maximum Gasteiger partial charge on any atom is 0.306 e. The number of terminal acetylenes is 1. The van der Waals surface area contributed by atoms with Crippen molar-refractivity contribution in [1.29, 1.82) is 0 Å². The summed E-state index contributed by atoms with van der Waals surface area (Å²) in [5.41, 5.74) is 4.26. The molecule has 0 fully saturated rings. The molecule has 28 heavy (non-hydrogen) atoms. The molecule has 148 valence electrons. The molecule has 4 heteroatoms. The van der Waals surface area contributed by atoms with Crippen LogP contribution < -0.4 is 4.74 Å². The number of hydrogen-bond donors (Lipinski definition) is 1. The summed E-state index contributed by atoms with van der Waals surface area (Å²) in [6.45, 7) is 4.74. The van der Waals surface area contributed by atoms with Gasteiger partial charge in [0.1, 0.15) is 5.75 Å². The van der Waals surface area contributed by atoms with Gasteiger partial charge in [0.25, 0.3) is 0 Å². The Hall–Kier alpha value is -2.77. The van der Waals surface area contributed by atoms with Crippen molar-refractivity contribution in [3.8, 4) is 18.1 Å². The van der Waals surface area contributed by atoms with Gasteiger partial charge in [-0.2, -0.15) is 0 Å². The monoisotopic (exact) mass is 380 g/mol. The van der Waals surface area contributed by atoms with Crippen LogP contribution in [0.25, 0.3) is 0 Å². The molecule has 2 aromatic rings. The lowest BCUT2D eigenvalue weighted by molar-refractivity contribution is -0.141. The molecule has 0 aliphatic rings. The van der Waals surface area contributed by atoms with Crippen molar-refractivity contribution < 1.29 is 19.4 Å². The number of benzene rings is 2. The first-order valence-corrected chi connectivity index (χ1v) is 9.42. The first kappa shape index (κ1) is 21.5. The quantitative estimate of drug-likeness (QED) is 0.593. The average Bonchev–Trinajstić information content (AvgIpc) is 2.70. The Labute approximate surface area is 167 Å². The molecule has 2 unspecified atom stereocenters. The van der Waals surface area contributed by atoms with E-state index in [1.165, 1.54) is 0 Å². The minimum atomic E-state index is -0.806. The summed E-state index contributed by atoms with van der Waals surface area (Å²) < 4.78 is 11.1. The molecule has 0 aromatic heterocycles. The molecule has 0 aliphatic carbocycles. The summed E-state index contributed by atoms with van der Waals surface area (Å²) in [7, 11) is 1.64. The second-order valence-electron chi connectivity index (χ2n) is 7.00. The van der Waals surface area contributed by atoms with Gasteiger partial charge in [-0.1, -0.05) is 37.3 Å². The van der Waals surface area contributed by atoms with E-state index in [-0.39, 0.29) is 5.92 Å². The summed E-state index contributed by atoms with van der Waals surface area (Å²) in [5, 5.41) is 9.46. The highest BCUT2D eigenvalue weighted by Gasteiger charge is 2.25. The lowest BCUT2D eigenvalue weighted by Crippen LogP contribution is -2.19. The van der Waals surface area contributed by atoms with Gasteiger partial charge in [0.05, 0.1) is 26.2 Å². The fourth-order valence-electron chi connectivity index (χ4n) is 3.19. The zero-order valence-corrected chi connectivity index (χ0v) is 16.8. The second kappa shape index (κ2) is 10.5. The van der Waals surface area contributed by atoms with Crippen LogP contribution in [-0.2, 0) is 22.7 Å². The smallest absolute Gasteiger partial charge is 0.306 e. The van der Waals surface area contributed by atoms with E-state index in [9.17, 15) is 9.90 Å². The Balaban J connectivity index is 2.09. The van der Waals surface area contributed by atoms with Gasteiger partial charge >= 0.3 is 5.97 Å². The molecule has 0 bridgehead atoms. The minimum Gasteiger partial charge on any atom is -0.497 e. The molecule has 4 nitrogen and oxygen atoms in total. The predicted molar refractivity (Wildman–Crippen MR) is 110 cm³/mol. The zero-order chi connectivity index (χ0) is 20.5. The third-order valence-corrected chi connectivity index (χ3v) is 5.08. The second-order valence-corrected chi connectivity index (χ2v) is 7.00. The summed E-state index contributed by atoms with van der Waals surface area (Å²) in [4.78, 5) is 11.5. The number of ether oxygens (including phenoxy) is 2. The van der Waals surface area contributed by atoms with Gasteiger partial charge in [-0.3, -0.25) is 4.79 Å². The Morgan fingerprint density at radius 2 is 1.89 bits per heavy atom. The fourth-order valence-corrected chi connectivity index (χ4v) is 3.19. The molecule has 0 spiro atoms. The number of carboxylic acid groups (broad SMARTS) is 1. The zero-order valence-electron chi connectivity index (χ0n) is 16.8. The normalized spacial score (nSPS) is 12.8. The van der Waals surface area contributed by atoms with Crippen LogP contribution in [0.3, 0.4) is 0 Å². The van der Waals surface area contributed by atoms with Gasteiger partial charge in [0.15, 0.2) is 0 Å². The molecule has 0 saturated heterocycles. The Bertz CT molecular complexity index is 817. The molecule has 2 aromatic carbocycles. The molecule has 2 rings (SSSR count). The van der Waals surface area contributed by atoms with E-state index in [2.05, 4.69) is 12.0 Å². The van der Waals surface area contributed by atoms with Gasteiger partial charge in [0, 0.05) is 6.42 Å². The summed E-state index contributed by atoms with van der Waals surface area (Å²) in [5.74, 6) is 2.02. The molecule has 0 aliphatic heterocycles. The molecule has 0 amide bonds. The van der Waals surface area contributed by atoms with Crippen molar-refractivity contribution in [3.05, 3.63) is 64.7 Å². The number of hydrogen-bond acceptors (Lipinski definition) is 3. The maximum atomic E-state index is 11.5. The molecule has 0 radical (unpaired) electrons. The molecule has 1 N–H and O–H groups in total. The number of aryl methyl sites for hydroxylation is 1. The highest BCUT2D eigenvalue weighted by molar-refractivity contribution is 5.71. The third kappa shape index (κ3) is 5.87. The Morgan fingerprint density at radius 1 is 1.18 bits per heavy atom. The fraction of sp³-hybridized carbons (Fsp3) is 0.375. The number of methoxy groups -OCH3 is 1. The lowest BCUT2D eigenvalue weighted by atomic mass is 9.82. The number of aliphatic carboxylic acids is 1. The molecular weight excluding hydrogens is 352 g/mol. The van der Waals surface area contributed by atoms with Gasteiger partial charge in [-0.05, 0) is 53.6 Å². The molecule has 2 atom stereocenters. The van der Waals surface area contributed by atoms with E-state index in [0.29, 0.717) is 26.1 Å². The van der Waals surface area contributed by atoms with Gasteiger partial charge < -0.3 is 14.6 Å². The summed E-state index contributed by atoms with van der Waals surface area (Å²) in [6, 6.07) is 13.9. The number of carbonyl (C=O) groups is 1. The van der Waals surface area contributed by atoms with E-state index in [1.807, 2.05) is 43.3 Å². The molecular formula is C24H28O4. The van der Waals surface area contributed by atoms with E-state index >= 15 is 0 Å². The standard InChI is InChI=1S/C24H28O4/c1-5-6-7-23(18(3)24(25)26)20-11-8-17(2)21(14-20)16-28-15-19-9-12-22(27-4)13-10-19/h1,8-14,18,23H,6-7,15-16H2,2-4H3,(H,25,26).